The quantitative estimate of drug-likeness (QED) is 0.472. The summed E-state index contributed by atoms with van der Waals surface area (Å²) < 4.78 is 2.27. The Hall–Kier alpha value is -2.37. The van der Waals surface area contributed by atoms with Crippen LogP contribution in [0.2, 0.25) is 0 Å². The van der Waals surface area contributed by atoms with Gasteiger partial charge in [-0.2, -0.15) is 0 Å². The second-order valence-corrected chi connectivity index (χ2v) is 7.91. The number of benzene rings is 2. The Morgan fingerprint density at radius 3 is 2.32 bits per heavy atom. The highest BCUT2D eigenvalue weighted by Crippen LogP contribution is 2.26. The third-order valence-electron chi connectivity index (χ3n) is 4.66. The first-order valence-corrected chi connectivity index (χ1v) is 10.7. The molecule has 3 rings (SSSR count). The molecule has 0 unspecified atom stereocenters. The molecule has 0 bridgehead atoms. The highest BCUT2D eigenvalue weighted by molar-refractivity contribution is 7.99. The maximum atomic E-state index is 4.57. The van der Waals surface area contributed by atoms with Crippen LogP contribution in [0, 0.1) is 0 Å². The lowest BCUT2D eigenvalue weighted by atomic mass is 10.2. The monoisotopic (exact) mass is 392 g/mol. The molecule has 0 radical (unpaired) electrons. The molecule has 0 spiro atoms. The number of nitrogens with zero attached hydrogens (tertiary/aromatic N) is 4. The Morgan fingerprint density at radius 2 is 1.68 bits per heavy atom. The van der Waals surface area contributed by atoms with Gasteiger partial charge in [-0.25, -0.2) is 0 Å². The normalized spacial score (nSPS) is 12.7. The van der Waals surface area contributed by atoms with Crippen LogP contribution in [-0.2, 0) is 6.54 Å². The Labute approximate surface area is 172 Å². The van der Waals surface area contributed by atoms with Gasteiger partial charge in [-0.1, -0.05) is 91.5 Å². The molecule has 3 aromatic rings. The van der Waals surface area contributed by atoms with Crippen molar-refractivity contribution >= 4 is 17.8 Å². The standard InChI is InChI=1S/C23H28N4S/c1-4-21(26(2)3)22-24-25-23(27(22)18-20-14-9-6-10-15-20)28-17-11-16-19-12-7-5-8-13-19/h5-16,21H,4,17-18H2,1-3H3/b16-11+/t21-/m1/s1. The molecule has 0 amide bonds. The summed E-state index contributed by atoms with van der Waals surface area (Å²) in [4.78, 5) is 2.22. The van der Waals surface area contributed by atoms with E-state index in [1.807, 2.05) is 6.07 Å². The van der Waals surface area contributed by atoms with Crippen LogP contribution in [0.5, 0.6) is 0 Å². The van der Waals surface area contributed by atoms with E-state index in [1.54, 1.807) is 11.8 Å². The lowest BCUT2D eigenvalue weighted by molar-refractivity contribution is 0.272. The zero-order chi connectivity index (χ0) is 19.8. The van der Waals surface area contributed by atoms with Crippen molar-refractivity contribution in [2.75, 3.05) is 19.8 Å². The molecule has 0 aliphatic carbocycles. The molecule has 1 heterocycles. The number of hydrogen-bond donors (Lipinski definition) is 0. The average Bonchev–Trinajstić information content (AvgIpc) is 3.09. The minimum Gasteiger partial charge on any atom is -0.300 e. The van der Waals surface area contributed by atoms with Gasteiger partial charge in [0, 0.05) is 5.75 Å². The van der Waals surface area contributed by atoms with E-state index in [1.165, 1.54) is 11.1 Å². The van der Waals surface area contributed by atoms with Gasteiger partial charge in [0.1, 0.15) is 0 Å². The summed E-state index contributed by atoms with van der Waals surface area (Å²) >= 11 is 1.73. The molecule has 0 saturated carbocycles. The van der Waals surface area contributed by atoms with Crippen molar-refractivity contribution in [3.8, 4) is 0 Å². The van der Waals surface area contributed by atoms with E-state index in [0.29, 0.717) is 0 Å². The molecule has 5 heteroatoms. The number of hydrogen-bond acceptors (Lipinski definition) is 4. The number of thioether (sulfide) groups is 1. The number of aromatic nitrogens is 3. The fourth-order valence-electron chi connectivity index (χ4n) is 3.22. The molecule has 0 saturated heterocycles. The lowest BCUT2D eigenvalue weighted by Gasteiger charge is -2.23. The van der Waals surface area contributed by atoms with Gasteiger partial charge in [0.05, 0.1) is 12.6 Å². The molecule has 146 valence electrons. The molecule has 28 heavy (non-hydrogen) atoms. The van der Waals surface area contributed by atoms with Crippen molar-refractivity contribution in [2.45, 2.75) is 31.1 Å². The molecular formula is C23H28N4S. The summed E-state index contributed by atoms with van der Waals surface area (Å²) in [6.07, 6.45) is 5.34. The Balaban J connectivity index is 1.79. The first-order chi connectivity index (χ1) is 13.7. The lowest BCUT2D eigenvalue weighted by Crippen LogP contribution is -2.23. The van der Waals surface area contributed by atoms with Gasteiger partial charge in [0.25, 0.3) is 0 Å². The topological polar surface area (TPSA) is 34.0 Å². The van der Waals surface area contributed by atoms with Crippen molar-refractivity contribution in [1.82, 2.24) is 19.7 Å². The van der Waals surface area contributed by atoms with Crippen molar-refractivity contribution in [3.63, 3.8) is 0 Å². The van der Waals surface area contributed by atoms with E-state index in [9.17, 15) is 0 Å². The highest BCUT2D eigenvalue weighted by atomic mass is 32.2. The molecule has 4 nitrogen and oxygen atoms in total. The molecule has 0 fully saturated rings. The van der Waals surface area contributed by atoms with Crippen molar-refractivity contribution in [1.29, 1.82) is 0 Å². The summed E-state index contributed by atoms with van der Waals surface area (Å²) in [5.41, 5.74) is 2.48. The van der Waals surface area contributed by atoms with Crippen LogP contribution in [0.1, 0.15) is 36.3 Å². The fraction of sp³-hybridized carbons (Fsp3) is 0.304. The van der Waals surface area contributed by atoms with Crippen molar-refractivity contribution in [3.05, 3.63) is 83.7 Å². The summed E-state index contributed by atoms with van der Waals surface area (Å²) in [7, 11) is 4.20. The summed E-state index contributed by atoms with van der Waals surface area (Å²) in [5.74, 6) is 1.89. The Kier molecular flexibility index (Phi) is 7.46. The zero-order valence-corrected chi connectivity index (χ0v) is 17.6. The molecule has 0 aliphatic rings. The molecule has 1 aromatic heterocycles. The van der Waals surface area contributed by atoms with Crippen LogP contribution < -0.4 is 0 Å². The van der Waals surface area contributed by atoms with E-state index in [-0.39, 0.29) is 6.04 Å². The minimum atomic E-state index is 0.255. The van der Waals surface area contributed by atoms with Crippen molar-refractivity contribution < 1.29 is 0 Å². The SMILES string of the molecule is CC[C@H](c1nnc(SC/C=C/c2ccccc2)n1Cc1ccccc1)N(C)C. The minimum absolute atomic E-state index is 0.255. The maximum Gasteiger partial charge on any atom is 0.191 e. The van der Waals surface area contributed by atoms with E-state index < -0.39 is 0 Å². The van der Waals surface area contributed by atoms with Crippen LogP contribution in [0.15, 0.2) is 71.9 Å². The van der Waals surface area contributed by atoms with Crippen molar-refractivity contribution in [2.24, 2.45) is 0 Å². The molecular weight excluding hydrogens is 364 g/mol. The van der Waals surface area contributed by atoms with Crippen LogP contribution in [0.4, 0.5) is 0 Å². The molecule has 0 N–H and O–H groups in total. The highest BCUT2D eigenvalue weighted by Gasteiger charge is 2.21. The maximum absolute atomic E-state index is 4.57. The third-order valence-corrected chi connectivity index (χ3v) is 5.57. The summed E-state index contributed by atoms with van der Waals surface area (Å²) in [6.45, 7) is 2.99. The average molecular weight is 393 g/mol. The van der Waals surface area contributed by atoms with Gasteiger partial charge in [-0.15, -0.1) is 10.2 Å². The number of rotatable bonds is 9. The van der Waals surface area contributed by atoms with Crippen LogP contribution in [0.25, 0.3) is 6.08 Å². The second-order valence-electron chi connectivity index (χ2n) is 6.92. The molecule has 2 aromatic carbocycles. The first-order valence-electron chi connectivity index (χ1n) is 9.67. The van der Waals surface area contributed by atoms with Gasteiger partial charge in [0.15, 0.2) is 11.0 Å². The van der Waals surface area contributed by atoms with Gasteiger partial charge in [-0.05, 0) is 31.6 Å². The van der Waals surface area contributed by atoms with Gasteiger partial charge in [-0.3, -0.25) is 4.90 Å². The smallest absolute Gasteiger partial charge is 0.191 e. The summed E-state index contributed by atoms with van der Waals surface area (Å²) in [5, 5.41) is 10.1. The molecule has 1 atom stereocenters. The summed E-state index contributed by atoms with van der Waals surface area (Å²) in [6, 6.07) is 21.2. The fourth-order valence-corrected chi connectivity index (χ4v) is 3.97. The van der Waals surface area contributed by atoms with Crippen LogP contribution in [0.3, 0.4) is 0 Å². The Morgan fingerprint density at radius 1 is 1.00 bits per heavy atom. The van der Waals surface area contributed by atoms with E-state index in [2.05, 4.69) is 107 Å². The van der Waals surface area contributed by atoms with Gasteiger partial charge >= 0.3 is 0 Å². The Bertz CT molecular complexity index is 872. The predicted octanol–water partition coefficient (Wildman–Crippen LogP) is 5.14. The third kappa shape index (κ3) is 5.33. The van der Waals surface area contributed by atoms with Gasteiger partial charge < -0.3 is 4.57 Å². The van der Waals surface area contributed by atoms with Gasteiger partial charge in [0.2, 0.25) is 0 Å². The van der Waals surface area contributed by atoms with Crippen LogP contribution >= 0.6 is 11.8 Å². The van der Waals surface area contributed by atoms with E-state index >= 15 is 0 Å². The first kappa shape index (κ1) is 20.4. The largest absolute Gasteiger partial charge is 0.300 e. The second kappa shape index (κ2) is 10.2. The van der Waals surface area contributed by atoms with Crippen LogP contribution in [-0.4, -0.2) is 39.5 Å². The van der Waals surface area contributed by atoms with E-state index in [0.717, 1.165) is 29.7 Å². The predicted molar refractivity (Wildman–Crippen MR) is 118 cm³/mol. The zero-order valence-electron chi connectivity index (χ0n) is 16.8. The molecule has 0 aliphatic heterocycles. The van der Waals surface area contributed by atoms with E-state index in [4.69, 9.17) is 0 Å².